The van der Waals surface area contributed by atoms with E-state index < -0.39 is 0 Å². The molecule has 1 amide bonds. The molecule has 0 aliphatic heterocycles. The van der Waals surface area contributed by atoms with E-state index in [4.69, 9.17) is 4.74 Å². The normalized spacial score (nSPS) is 10.9. The van der Waals surface area contributed by atoms with Gasteiger partial charge in [0, 0.05) is 9.13 Å². The van der Waals surface area contributed by atoms with Gasteiger partial charge in [-0.05, 0) is 78.9 Å². The number of aromatic nitrogens is 1. The summed E-state index contributed by atoms with van der Waals surface area (Å²) in [6.07, 6.45) is -0.173. The van der Waals surface area contributed by atoms with Crippen LogP contribution in [-0.4, -0.2) is 23.0 Å². The molecule has 5 nitrogen and oxygen atoms in total. The standard InChI is InChI=1S/C18H15IN2O3S/c1-10(2)24-17(23)12-5-8-14-15(9-12)25-18(20-14)21-16(22)11-3-6-13(19)7-4-11/h3-10H,1-2H3,(H,20,21,22). The van der Waals surface area contributed by atoms with Crippen LogP contribution < -0.4 is 5.32 Å². The molecule has 0 aliphatic rings. The number of carbonyl (C=O) groups is 2. The third kappa shape index (κ3) is 4.35. The number of nitrogens with zero attached hydrogens (tertiary/aromatic N) is 1. The Kier molecular flexibility index (Phi) is 5.33. The van der Waals surface area contributed by atoms with E-state index in [2.05, 4.69) is 32.9 Å². The maximum atomic E-state index is 12.3. The molecule has 0 spiro atoms. The summed E-state index contributed by atoms with van der Waals surface area (Å²) >= 11 is 3.51. The number of halogens is 1. The van der Waals surface area contributed by atoms with Crippen LogP contribution in [0.3, 0.4) is 0 Å². The van der Waals surface area contributed by atoms with Crippen molar-refractivity contribution in [2.45, 2.75) is 20.0 Å². The van der Waals surface area contributed by atoms with Crippen LogP contribution in [0.2, 0.25) is 0 Å². The summed E-state index contributed by atoms with van der Waals surface area (Å²) in [6, 6.07) is 12.5. The summed E-state index contributed by atoms with van der Waals surface area (Å²) in [7, 11) is 0. The number of carbonyl (C=O) groups excluding carboxylic acids is 2. The fourth-order valence-electron chi connectivity index (χ4n) is 2.16. The van der Waals surface area contributed by atoms with Gasteiger partial charge in [0.2, 0.25) is 0 Å². The average molecular weight is 466 g/mol. The third-order valence-electron chi connectivity index (χ3n) is 3.29. The lowest BCUT2D eigenvalue weighted by Gasteiger charge is -2.07. The monoisotopic (exact) mass is 466 g/mol. The number of fused-ring (bicyclic) bond motifs is 1. The Bertz CT molecular complexity index is 935. The first-order valence-electron chi connectivity index (χ1n) is 7.61. The van der Waals surface area contributed by atoms with Gasteiger partial charge in [-0.15, -0.1) is 0 Å². The second-order valence-electron chi connectivity index (χ2n) is 5.62. The molecule has 128 valence electrons. The van der Waals surface area contributed by atoms with Crippen LogP contribution in [0.5, 0.6) is 0 Å². The molecule has 0 radical (unpaired) electrons. The molecule has 0 aliphatic carbocycles. The molecule has 0 atom stereocenters. The zero-order chi connectivity index (χ0) is 18.0. The van der Waals surface area contributed by atoms with E-state index in [-0.39, 0.29) is 18.0 Å². The molecule has 0 saturated heterocycles. The zero-order valence-corrected chi connectivity index (χ0v) is 16.6. The molecule has 0 fully saturated rings. The minimum Gasteiger partial charge on any atom is -0.459 e. The molecular weight excluding hydrogens is 451 g/mol. The lowest BCUT2D eigenvalue weighted by molar-refractivity contribution is 0.0378. The molecule has 0 unspecified atom stereocenters. The van der Waals surface area contributed by atoms with Crippen LogP contribution >= 0.6 is 33.9 Å². The first-order valence-corrected chi connectivity index (χ1v) is 9.50. The Hall–Kier alpha value is -2.00. The molecule has 0 saturated carbocycles. The first kappa shape index (κ1) is 17.8. The van der Waals surface area contributed by atoms with Crippen LogP contribution in [0.1, 0.15) is 34.6 Å². The van der Waals surface area contributed by atoms with Crippen molar-refractivity contribution in [1.29, 1.82) is 0 Å². The number of hydrogen-bond donors (Lipinski definition) is 1. The van der Waals surface area contributed by atoms with Crippen molar-refractivity contribution in [3.63, 3.8) is 0 Å². The van der Waals surface area contributed by atoms with Crippen molar-refractivity contribution in [2.75, 3.05) is 5.32 Å². The summed E-state index contributed by atoms with van der Waals surface area (Å²) in [6.45, 7) is 3.61. The van der Waals surface area contributed by atoms with Gasteiger partial charge in [-0.2, -0.15) is 0 Å². The van der Waals surface area contributed by atoms with Gasteiger partial charge in [0.1, 0.15) is 0 Å². The largest absolute Gasteiger partial charge is 0.459 e. The van der Waals surface area contributed by atoms with Gasteiger partial charge >= 0.3 is 5.97 Å². The highest BCUT2D eigenvalue weighted by atomic mass is 127. The molecule has 3 aromatic rings. The first-order chi connectivity index (χ1) is 11.9. The van der Waals surface area contributed by atoms with E-state index in [1.54, 1.807) is 44.2 Å². The summed E-state index contributed by atoms with van der Waals surface area (Å²) < 4.78 is 7.08. The number of esters is 1. The van der Waals surface area contributed by atoms with Gasteiger partial charge in [0.05, 0.1) is 21.9 Å². The van der Waals surface area contributed by atoms with Crippen molar-refractivity contribution < 1.29 is 14.3 Å². The quantitative estimate of drug-likeness (QED) is 0.447. The SMILES string of the molecule is CC(C)OC(=O)c1ccc2nc(NC(=O)c3ccc(I)cc3)sc2c1. The van der Waals surface area contributed by atoms with Crippen molar-refractivity contribution in [3.05, 3.63) is 57.2 Å². The van der Waals surface area contributed by atoms with Gasteiger partial charge < -0.3 is 4.74 Å². The molecule has 3 rings (SSSR count). The minimum absolute atomic E-state index is 0.173. The fourth-order valence-corrected chi connectivity index (χ4v) is 3.42. The Morgan fingerprint density at radius 2 is 1.80 bits per heavy atom. The molecule has 7 heteroatoms. The molecule has 25 heavy (non-hydrogen) atoms. The van der Waals surface area contributed by atoms with E-state index >= 15 is 0 Å². The van der Waals surface area contributed by atoms with Crippen molar-refractivity contribution in [3.8, 4) is 0 Å². The number of rotatable bonds is 4. The predicted molar refractivity (Wildman–Crippen MR) is 107 cm³/mol. The Morgan fingerprint density at radius 3 is 2.48 bits per heavy atom. The van der Waals surface area contributed by atoms with Gasteiger partial charge in [0.25, 0.3) is 5.91 Å². The number of amides is 1. The molecule has 1 N–H and O–H groups in total. The maximum absolute atomic E-state index is 12.3. The van der Waals surface area contributed by atoms with Crippen molar-refractivity contribution in [2.24, 2.45) is 0 Å². The van der Waals surface area contributed by atoms with Gasteiger partial charge in [-0.25, -0.2) is 9.78 Å². The molecular formula is C18H15IN2O3S. The summed E-state index contributed by atoms with van der Waals surface area (Å²) in [4.78, 5) is 28.7. The predicted octanol–water partition coefficient (Wildman–Crippen LogP) is 4.72. The number of hydrogen-bond acceptors (Lipinski definition) is 5. The van der Waals surface area contributed by atoms with Crippen LogP contribution in [0.15, 0.2) is 42.5 Å². The number of anilines is 1. The van der Waals surface area contributed by atoms with Gasteiger partial charge in [0.15, 0.2) is 5.13 Å². The highest BCUT2D eigenvalue weighted by Gasteiger charge is 2.13. The summed E-state index contributed by atoms with van der Waals surface area (Å²) in [5.74, 6) is -0.579. The van der Waals surface area contributed by atoms with Crippen LogP contribution in [-0.2, 0) is 4.74 Å². The highest BCUT2D eigenvalue weighted by Crippen LogP contribution is 2.27. The van der Waals surface area contributed by atoms with E-state index in [1.165, 1.54) is 11.3 Å². The number of nitrogens with one attached hydrogen (secondary N) is 1. The van der Waals surface area contributed by atoms with Crippen LogP contribution in [0.4, 0.5) is 5.13 Å². The van der Waals surface area contributed by atoms with Crippen LogP contribution in [0.25, 0.3) is 10.2 Å². The molecule has 1 aromatic heterocycles. The van der Waals surface area contributed by atoms with E-state index in [0.717, 1.165) is 13.8 Å². The summed E-state index contributed by atoms with van der Waals surface area (Å²) in [5, 5.41) is 3.29. The Balaban J connectivity index is 1.80. The number of benzene rings is 2. The van der Waals surface area contributed by atoms with Crippen molar-refractivity contribution >= 4 is 61.2 Å². The Morgan fingerprint density at radius 1 is 1.12 bits per heavy atom. The second kappa shape index (κ2) is 7.49. The zero-order valence-electron chi connectivity index (χ0n) is 13.6. The smallest absolute Gasteiger partial charge is 0.338 e. The minimum atomic E-state index is -0.366. The van der Waals surface area contributed by atoms with E-state index in [1.807, 2.05) is 12.1 Å². The Labute approximate surface area is 162 Å². The lowest BCUT2D eigenvalue weighted by atomic mass is 10.2. The number of thiazole rings is 1. The molecule has 2 aromatic carbocycles. The fraction of sp³-hybridized carbons (Fsp3) is 0.167. The molecule has 1 heterocycles. The van der Waals surface area contributed by atoms with E-state index in [0.29, 0.717) is 16.3 Å². The second-order valence-corrected chi connectivity index (χ2v) is 7.89. The lowest BCUT2D eigenvalue weighted by Crippen LogP contribution is -2.11. The molecule has 0 bridgehead atoms. The van der Waals surface area contributed by atoms with Gasteiger partial charge in [-0.3, -0.25) is 10.1 Å². The van der Waals surface area contributed by atoms with Gasteiger partial charge in [-0.1, -0.05) is 11.3 Å². The highest BCUT2D eigenvalue weighted by molar-refractivity contribution is 14.1. The van der Waals surface area contributed by atoms with Crippen molar-refractivity contribution in [1.82, 2.24) is 4.98 Å². The topological polar surface area (TPSA) is 68.3 Å². The van der Waals surface area contributed by atoms with Crippen LogP contribution in [0, 0.1) is 3.57 Å². The van der Waals surface area contributed by atoms with E-state index in [9.17, 15) is 9.59 Å². The maximum Gasteiger partial charge on any atom is 0.338 e. The average Bonchev–Trinajstić information content (AvgIpc) is 2.95. The summed E-state index contributed by atoms with van der Waals surface area (Å²) in [5.41, 5.74) is 1.77. The number of ether oxygens (including phenoxy) is 1. The third-order valence-corrected chi connectivity index (χ3v) is 4.95.